The Kier molecular flexibility index (Phi) is 5.07. The van der Waals surface area contributed by atoms with Crippen molar-refractivity contribution in [1.29, 1.82) is 0 Å². The number of ketones is 1. The largest absolute Gasteiger partial charge is 0.454 e. The zero-order valence-corrected chi connectivity index (χ0v) is 15.1. The summed E-state index contributed by atoms with van der Waals surface area (Å²) >= 11 is 3.30. The molecule has 0 unspecified atom stereocenters. The molecule has 0 aromatic heterocycles. The van der Waals surface area contributed by atoms with Crippen LogP contribution in [0.1, 0.15) is 18.9 Å². The van der Waals surface area contributed by atoms with E-state index in [0.717, 1.165) is 33.3 Å². The van der Waals surface area contributed by atoms with E-state index in [4.69, 9.17) is 9.47 Å². The number of carbonyl (C=O) groups excluding carboxylic acids is 1. The molecule has 122 valence electrons. The number of thioether (sulfide) groups is 2. The molecule has 1 aliphatic heterocycles. The average Bonchev–Trinajstić information content (AvgIpc) is 3.20. The molecule has 0 saturated heterocycles. The molecular formula is C18H20O3S2. The van der Waals surface area contributed by atoms with Gasteiger partial charge in [0.2, 0.25) is 6.79 Å². The number of hydrogen-bond donors (Lipinski definition) is 0. The van der Waals surface area contributed by atoms with Gasteiger partial charge in [0, 0.05) is 15.7 Å². The first-order valence-corrected chi connectivity index (χ1v) is 10.00. The monoisotopic (exact) mass is 348 g/mol. The highest BCUT2D eigenvalue weighted by Crippen LogP contribution is 2.44. The van der Waals surface area contributed by atoms with Crippen LogP contribution < -0.4 is 9.47 Å². The minimum Gasteiger partial charge on any atom is -0.454 e. The van der Waals surface area contributed by atoms with E-state index in [0.29, 0.717) is 18.5 Å². The second-order valence-electron chi connectivity index (χ2n) is 5.66. The van der Waals surface area contributed by atoms with Gasteiger partial charge >= 0.3 is 0 Å². The minimum absolute atomic E-state index is 0.148. The zero-order chi connectivity index (χ0) is 16.4. The number of carbonyl (C=O) groups is 1. The molecule has 2 aliphatic rings. The Hall–Kier alpha value is -1.33. The minimum atomic E-state index is 0.148. The number of rotatable bonds is 6. The molecule has 2 atom stereocenters. The maximum atomic E-state index is 12.5. The smallest absolute Gasteiger partial charge is 0.231 e. The van der Waals surface area contributed by atoms with Crippen LogP contribution in [0.25, 0.3) is 6.08 Å². The number of Topliss-reactive ketones (excluding diaryl/α,β-unsaturated/α-hetero) is 1. The van der Waals surface area contributed by atoms with Crippen LogP contribution in [0.15, 0.2) is 34.1 Å². The molecule has 0 bridgehead atoms. The summed E-state index contributed by atoms with van der Waals surface area (Å²) in [6.07, 6.45) is 9.21. The zero-order valence-electron chi connectivity index (χ0n) is 13.5. The van der Waals surface area contributed by atoms with Crippen molar-refractivity contribution in [2.75, 3.05) is 19.3 Å². The van der Waals surface area contributed by atoms with Gasteiger partial charge in [-0.3, -0.25) is 4.79 Å². The summed E-state index contributed by atoms with van der Waals surface area (Å²) < 4.78 is 11.8. The normalized spacial score (nSPS) is 21.5. The molecule has 1 saturated carbocycles. The van der Waals surface area contributed by atoms with E-state index >= 15 is 0 Å². The van der Waals surface area contributed by atoms with Gasteiger partial charge in [0.05, 0.1) is 0 Å². The molecule has 5 heteroatoms. The van der Waals surface area contributed by atoms with Crippen LogP contribution in [0.3, 0.4) is 0 Å². The maximum Gasteiger partial charge on any atom is 0.231 e. The highest BCUT2D eigenvalue weighted by molar-refractivity contribution is 8.21. The van der Waals surface area contributed by atoms with Crippen LogP contribution in [-0.2, 0) is 4.79 Å². The highest BCUT2D eigenvalue weighted by Gasteiger charge is 2.41. The van der Waals surface area contributed by atoms with E-state index in [1.807, 2.05) is 37.6 Å². The fourth-order valence-corrected chi connectivity index (χ4v) is 4.23. The van der Waals surface area contributed by atoms with Crippen LogP contribution in [0.5, 0.6) is 11.5 Å². The van der Waals surface area contributed by atoms with Gasteiger partial charge in [-0.15, -0.1) is 23.5 Å². The van der Waals surface area contributed by atoms with Gasteiger partial charge in [0.1, 0.15) is 0 Å². The molecule has 23 heavy (non-hydrogen) atoms. The number of ether oxygens (including phenoxy) is 2. The first-order valence-electron chi connectivity index (χ1n) is 7.55. The van der Waals surface area contributed by atoms with Gasteiger partial charge in [0.25, 0.3) is 0 Å². The van der Waals surface area contributed by atoms with E-state index in [1.165, 1.54) is 0 Å². The number of hydrogen-bond acceptors (Lipinski definition) is 5. The lowest BCUT2D eigenvalue weighted by molar-refractivity contribution is -0.116. The van der Waals surface area contributed by atoms with Gasteiger partial charge in [0.15, 0.2) is 17.3 Å². The molecule has 1 aromatic carbocycles. The van der Waals surface area contributed by atoms with Crippen LogP contribution in [0.2, 0.25) is 0 Å². The summed E-state index contributed by atoms with van der Waals surface area (Å²) in [5, 5.41) is 0. The molecule has 0 amide bonds. The van der Waals surface area contributed by atoms with Crippen molar-refractivity contribution in [3.05, 3.63) is 39.6 Å². The summed E-state index contributed by atoms with van der Waals surface area (Å²) in [6, 6.07) is 5.91. The van der Waals surface area contributed by atoms with Gasteiger partial charge < -0.3 is 9.47 Å². The van der Waals surface area contributed by atoms with Crippen molar-refractivity contribution >= 4 is 35.4 Å². The summed E-state index contributed by atoms with van der Waals surface area (Å²) in [4.78, 5) is 12.5. The summed E-state index contributed by atoms with van der Waals surface area (Å²) in [5.74, 6) is 2.38. The Labute approximate surface area is 145 Å². The first-order chi connectivity index (χ1) is 11.1. The molecule has 0 radical (unpaired) electrons. The molecule has 1 aromatic rings. The third kappa shape index (κ3) is 3.61. The van der Waals surface area contributed by atoms with Crippen molar-refractivity contribution < 1.29 is 14.3 Å². The molecular weight excluding hydrogens is 328 g/mol. The van der Waals surface area contributed by atoms with Crippen molar-refractivity contribution in [2.45, 2.75) is 13.3 Å². The predicted octanol–water partition coefficient (Wildman–Crippen LogP) is 4.59. The van der Waals surface area contributed by atoms with Gasteiger partial charge in [-0.05, 0) is 49.5 Å². The molecule has 1 fully saturated rings. The third-order valence-electron chi connectivity index (χ3n) is 4.16. The van der Waals surface area contributed by atoms with Gasteiger partial charge in [-0.25, -0.2) is 0 Å². The van der Waals surface area contributed by atoms with Crippen LogP contribution in [0, 0.1) is 11.8 Å². The van der Waals surface area contributed by atoms with Crippen molar-refractivity contribution in [1.82, 2.24) is 0 Å². The summed E-state index contributed by atoms with van der Waals surface area (Å²) in [7, 11) is 0. The van der Waals surface area contributed by atoms with Crippen LogP contribution in [-0.4, -0.2) is 25.1 Å². The first kappa shape index (κ1) is 16.5. The fourth-order valence-electron chi connectivity index (χ4n) is 2.75. The lowest BCUT2D eigenvalue weighted by Gasteiger charge is -2.05. The van der Waals surface area contributed by atoms with Crippen molar-refractivity contribution in [2.24, 2.45) is 11.8 Å². The number of benzene rings is 1. The lowest BCUT2D eigenvalue weighted by atomic mass is 10.1. The Morgan fingerprint density at radius 2 is 1.96 bits per heavy atom. The van der Waals surface area contributed by atoms with Crippen LogP contribution >= 0.6 is 23.5 Å². The van der Waals surface area contributed by atoms with Gasteiger partial charge in [-0.1, -0.05) is 18.2 Å². The Morgan fingerprint density at radius 3 is 2.70 bits per heavy atom. The lowest BCUT2D eigenvalue weighted by Crippen LogP contribution is -2.04. The molecule has 3 nitrogen and oxygen atoms in total. The van der Waals surface area contributed by atoms with E-state index in [2.05, 4.69) is 12.2 Å². The molecule has 0 spiro atoms. The second kappa shape index (κ2) is 7.05. The highest BCUT2D eigenvalue weighted by atomic mass is 32.2. The van der Waals surface area contributed by atoms with Crippen molar-refractivity contribution in [3.63, 3.8) is 0 Å². The maximum absolute atomic E-state index is 12.5. The summed E-state index contributed by atoms with van der Waals surface area (Å²) in [5.41, 5.74) is 1.99. The quantitative estimate of drug-likeness (QED) is 0.703. The van der Waals surface area contributed by atoms with E-state index in [9.17, 15) is 4.79 Å². The Bertz CT molecular complexity index is 673. The van der Waals surface area contributed by atoms with E-state index < -0.39 is 0 Å². The van der Waals surface area contributed by atoms with Gasteiger partial charge in [-0.2, -0.15) is 0 Å². The van der Waals surface area contributed by atoms with Crippen LogP contribution in [0.4, 0.5) is 0 Å². The fraction of sp³-hybridized carbons (Fsp3) is 0.389. The SMILES string of the molecule is CSC(SC)=C(C)C(=O)[C@@H]1C[C@H]1/C=C/c1ccc2c(c1)OCO2. The third-order valence-corrected chi connectivity index (χ3v) is 6.51. The van der Waals surface area contributed by atoms with Crippen molar-refractivity contribution in [3.8, 4) is 11.5 Å². The Morgan fingerprint density at radius 1 is 1.22 bits per heavy atom. The second-order valence-corrected chi connectivity index (χ2v) is 7.55. The molecule has 1 aliphatic carbocycles. The number of fused-ring (bicyclic) bond motifs is 1. The topological polar surface area (TPSA) is 35.5 Å². The average molecular weight is 348 g/mol. The molecule has 0 N–H and O–H groups in total. The summed E-state index contributed by atoms with van der Waals surface area (Å²) in [6.45, 7) is 2.24. The van der Waals surface area contributed by atoms with E-state index in [1.54, 1.807) is 23.5 Å². The Balaban J connectivity index is 1.63. The number of allylic oxidation sites excluding steroid dienone is 2. The molecule has 1 heterocycles. The van der Waals surface area contributed by atoms with E-state index in [-0.39, 0.29) is 5.92 Å². The molecule has 3 rings (SSSR count). The standard InChI is InChI=1S/C18H20O3S2/c1-11(18(22-2)23-3)17(19)14-9-13(14)6-4-12-5-7-15-16(8-12)21-10-20-15/h4-8,13-14H,9-10H2,1-3H3/b6-4+/t13-,14-/m1/s1. The predicted molar refractivity (Wildman–Crippen MR) is 97.9 cm³/mol.